The number of piperidine rings is 1. The van der Waals surface area contributed by atoms with Crippen LogP contribution in [0.3, 0.4) is 0 Å². The molecule has 1 aliphatic heterocycles. The van der Waals surface area contributed by atoms with Crippen molar-refractivity contribution in [3.05, 3.63) is 59.5 Å². The minimum Gasteiger partial charge on any atom is -0.339 e. The Labute approximate surface area is 181 Å². The van der Waals surface area contributed by atoms with Crippen LogP contribution in [0, 0.1) is 12.7 Å². The summed E-state index contributed by atoms with van der Waals surface area (Å²) in [5, 5.41) is 13.5. The quantitative estimate of drug-likeness (QED) is 0.501. The highest BCUT2D eigenvalue weighted by atomic mass is 19.1. The van der Waals surface area contributed by atoms with Crippen molar-refractivity contribution in [1.29, 1.82) is 0 Å². The molecule has 2 heterocycles. The fourth-order valence-electron chi connectivity index (χ4n) is 4.67. The fourth-order valence-corrected chi connectivity index (χ4v) is 4.67. The largest absolute Gasteiger partial charge is 0.339 e. The number of amides is 1. The lowest BCUT2D eigenvalue weighted by molar-refractivity contribution is -0.114. The molecule has 6 nitrogen and oxygen atoms in total. The van der Waals surface area contributed by atoms with Crippen molar-refractivity contribution in [3.8, 4) is 0 Å². The Hall–Kier alpha value is -2.90. The molecular formula is C24H29FN4O2. The number of rotatable bonds is 6. The number of nitrogens with zero attached hydrogens (tertiary/aromatic N) is 2. The Bertz CT molecular complexity index is 1070. The second kappa shape index (κ2) is 9.08. The van der Waals surface area contributed by atoms with E-state index in [4.69, 9.17) is 0 Å². The molecule has 0 spiro atoms. The lowest BCUT2D eigenvalue weighted by Crippen LogP contribution is -2.36. The SMILES string of the molecule is CC(=O)Nc1ccc2c(NO)c(C)n(C3CCN(CCc4ccc(F)cc4)CC3)c2c1. The van der Waals surface area contributed by atoms with Crippen LogP contribution in [-0.2, 0) is 11.2 Å². The number of nitrogens with one attached hydrogen (secondary N) is 2. The number of carbonyl (C=O) groups excluding carboxylic acids is 1. The maximum Gasteiger partial charge on any atom is 0.221 e. The van der Waals surface area contributed by atoms with Gasteiger partial charge < -0.3 is 14.8 Å². The summed E-state index contributed by atoms with van der Waals surface area (Å²) < 4.78 is 15.4. The van der Waals surface area contributed by atoms with Crippen molar-refractivity contribution in [1.82, 2.24) is 9.47 Å². The zero-order valence-electron chi connectivity index (χ0n) is 18.0. The van der Waals surface area contributed by atoms with Gasteiger partial charge >= 0.3 is 0 Å². The second-order valence-electron chi connectivity index (χ2n) is 8.30. The third-order valence-electron chi connectivity index (χ3n) is 6.23. The summed E-state index contributed by atoms with van der Waals surface area (Å²) in [6.45, 7) is 6.44. The Balaban J connectivity index is 1.49. The average Bonchev–Trinajstić information content (AvgIpc) is 3.03. The molecule has 1 amide bonds. The molecule has 1 fully saturated rings. The molecule has 4 rings (SSSR count). The molecule has 7 heteroatoms. The van der Waals surface area contributed by atoms with Gasteiger partial charge in [0, 0.05) is 49.4 Å². The molecule has 31 heavy (non-hydrogen) atoms. The van der Waals surface area contributed by atoms with Crippen molar-refractivity contribution in [2.75, 3.05) is 30.4 Å². The van der Waals surface area contributed by atoms with Crippen molar-refractivity contribution >= 4 is 28.2 Å². The molecule has 0 unspecified atom stereocenters. The van der Waals surface area contributed by atoms with Gasteiger partial charge in [-0.25, -0.2) is 4.39 Å². The first kappa shape index (κ1) is 21.3. The van der Waals surface area contributed by atoms with Crippen LogP contribution in [0.15, 0.2) is 42.5 Å². The number of carbonyl (C=O) groups is 1. The Kier molecular flexibility index (Phi) is 6.25. The van der Waals surface area contributed by atoms with E-state index in [1.807, 2.05) is 37.3 Å². The van der Waals surface area contributed by atoms with Gasteiger partial charge in [0.2, 0.25) is 5.91 Å². The first-order valence-corrected chi connectivity index (χ1v) is 10.8. The highest BCUT2D eigenvalue weighted by Crippen LogP contribution is 2.37. The first-order chi connectivity index (χ1) is 15.0. The van der Waals surface area contributed by atoms with Gasteiger partial charge in [-0.1, -0.05) is 12.1 Å². The van der Waals surface area contributed by atoms with Gasteiger partial charge in [-0.05, 0) is 62.1 Å². The summed E-state index contributed by atoms with van der Waals surface area (Å²) in [6.07, 6.45) is 2.92. The number of hydrogen-bond acceptors (Lipinski definition) is 4. The molecule has 0 bridgehead atoms. The van der Waals surface area contributed by atoms with Gasteiger partial charge in [0.25, 0.3) is 0 Å². The minimum absolute atomic E-state index is 0.107. The molecule has 1 saturated heterocycles. The van der Waals surface area contributed by atoms with Crippen LogP contribution < -0.4 is 10.8 Å². The predicted octanol–water partition coefficient (Wildman–Crippen LogP) is 4.73. The van der Waals surface area contributed by atoms with E-state index in [1.165, 1.54) is 19.1 Å². The number of benzene rings is 2. The van der Waals surface area contributed by atoms with E-state index in [0.717, 1.165) is 66.7 Å². The Morgan fingerprint density at radius 3 is 2.52 bits per heavy atom. The number of halogens is 1. The molecule has 3 N–H and O–H groups in total. The van der Waals surface area contributed by atoms with Gasteiger partial charge in [0.15, 0.2) is 0 Å². The molecule has 1 aromatic heterocycles. The van der Waals surface area contributed by atoms with E-state index in [0.29, 0.717) is 11.7 Å². The van der Waals surface area contributed by atoms with Crippen LogP contribution in [0.5, 0.6) is 0 Å². The van der Waals surface area contributed by atoms with Crippen molar-refractivity contribution in [2.24, 2.45) is 0 Å². The van der Waals surface area contributed by atoms with Crippen LogP contribution in [-0.4, -0.2) is 40.2 Å². The van der Waals surface area contributed by atoms with Crippen molar-refractivity contribution in [3.63, 3.8) is 0 Å². The molecule has 0 saturated carbocycles. The van der Waals surface area contributed by atoms with E-state index in [9.17, 15) is 14.4 Å². The highest BCUT2D eigenvalue weighted by Gasteiger charge is 2.25. The van der Waals surface area contributed by atoms with Gasteiger partial charge in [0.05, 0.1) is 11.2 Å². The zero-order chi connectivity index (χ0) is 22.0. The molecule has 3 aromatic rings. The first-order valence-electron chi connectivity index (χ1n) is 10.8. The van der Waals surface area contributed by atoms with Crippen LogP contribution in [0.1, 0.15) is 37.1 Å². The third kappa shape index (κ3) is 4.57. The number of anilines is 2. The van der Waals surface area contributed by atoms with E-state index >= 15 is 0 Å². The second-order valence-corrected chi connectivity index (χ2v) is 8.30. The van der Waals surface area contributed by atoms with Gasteiger partial charge in [-0.3, -0.25) is 15.5 Å². The summed E-state index contributed by atoms with van der Waals surface area (Å²) in [7, 11) is 0. The number of hydrogen-bond donors (Lipinski definition) is 3. The normalized spacial score (nSPS) is 15.4. The number of likely N-dealkylation sites (tertiary alicyclic amines) is 1. The molecular weight excluding hydrogens is 395 g/mol. The van der Waals surface area contributed by atoms with Crippen molar-refractivity contribution in [2.45, 2.75) is 39.2 Å². The molecule has 0 aliphatic carbocycles. The fraction of sp³-hybridized carbons (Fsp3) is 0.375. The maximum atomic E-state index is 13.1. The van der Waals surface area contributed by atoms with E-state index in [1.54, 1.807) is 0 Å². The van der Waals surface area contributed by atoms with Gasteiger partial charge in [0.1, 0.15) is 5.82 Å². The summed E-state index contributed by atoms with van der Waals surface area (Å²) in [6, 6.07) is 12.8. The standard InChI is InChI=1S/C24H29FN4O2/c1-16-24(27-31)22-8-7-20(26-17(2)30)15-23(22)29(16)21-10-13-28(14-11-21)12-9-18-3-5-19(25)6-4-18/h3-8,15,21,27,31H,9-14H2,1-2H3,(H,26,30). The monoisotopic (exact) mass is 424 g/mol. The molecule has 164 valence electrons. The van der Waals surface area contributed by atoms with Crippen LogP contribution in [0.2, 0.25) is 0 Å². The van der Waals surface area contributed by atoms with Gasteiger partial charge in [-0.2, -0.15) is 0 Å². The van der Waals surface area contributed by atoms with E-state index in [2.05, 4.69) is 20.3 Å². The van der Waals surface area contributed by atoms with Crippen LogP contribution in [0.25, 0.3) is 10.9 Å². The number of fused-ring (bicyclic) bond motifs is 1. The number of aromatic nitrogens is 1. The lowest BCUT2D eigenvalue weighted by atomic mass is 10.0. The van der Waals surface area contributed by atoms with Gasteiger partial charge in [-0.15, -0.1) is 0 Å². The molecule has 1 aliphatic rings. The Morgan fingerprint density at radius 1 is 1.16 bits per heavy atom. The average molecular weight is 425 g/mol. The van der Waals surface area contributed by atoms with Crippen LogP contribution >= 0.6 is 0 Å². The summed E-state index contributed by atoms with van der Waals surface area (Å²) >= 11 is 0. The predicted molar refractivity (Wildman–Crippen MR) is 121 cm³/mol. The molecule has 2 aromatic carbocycles. The minimum atomic E-state index is -0.197. The smallest absolute Gasteiger partial charge is 0.221 e. The zero-order valence-corrected chi connectivity index (χ0v) is 18.0. The maximum absolute atomic E-state index is 13.1. The van der Waals surface area contributed by atoms with Crippen molar-refractivity contribution < 1.29 is 14.4 Å². The van der Waals surface area contributed by atoms with Crippen LogP contribution in [0.4, 0.5) is 15.8 Å². The van der Waals surface area contributed by atoms with E-state index in [-0.39, 0.29) is 11.7 Å². The summed E-state index contributed by atoms with van der Waals surface area (Å²) in [5.74, 6) is -0.304. The third-order valence-corrected chi connectivity index (χ3v) is 6.23. The summed E-state index contributed by atoms with van der Waals surface area (Å²) in [5.41, 5.74) is 6.97. The Morgan fingerprint density at radius 2 is 1.87 bits per heavy atom. The topological polar surface area (TPSA) is 69.5 Å². The molecule has 0 atom stereocenters. The molecule has 0 radical (unpaired) electrons. The van der Waals surface area contributed by atoms with E-state index < -0.39 is 0 Å². The highest BCUT2D eigenvalue weighted by molar-refractivity contribution is 5.98. The lowest BCUT2D eigenvalue weighted by Gasteiger charge is -2.34. The summed E-state index contributed by atoms with van der Waals surface area (Å²) in [4.78, 5) is 13.9.